The van der Waals surface area contributed by atoms with Gasteiger partial charge >= 0.3 is 5.97 Å². The van der Waals surface area contributed by atoms with Gasteiger partial charge in [-0.25, -0.2) is 4.79 Å². The SMILES string of the molecule is COC(=O)c1sccc1CN1C(=O)c2ccccc2C1O. The summed E-state index contributed by atoms with van der Waals surface area (Å²) in [4.78, 5) is 25.8. The summed E-state index contributed by atoms with van der Waals surface area (Å²) in [6, 6.07) is 8.73. The second-order valence-electron chi connectivity index (χ2n) is 4.66. The third-order valence-corrected chi connectivity index (χ3v) is 4.42. The van der Waals surface area contributed by atoms with E-state index in [1.807, 2.05) is 0 Å². The molecule has 1 aliphatic rings. The maximum atomic E-state index is 12.3. The van der Waals surface area contributed by atoms with E-state index in [0.29, 0.717) is 21.6 Å². The lowest BCUT2D eigenvalue weighted by Crippen LogP contribution is -2.27. The number of nitrogens with zero attached hydrogens (tertiary/aromatic N) is 1. The standard InChI is InChI=1S/C15H13NO4S/c1-20-15(19)12-9(6-7-21-12)8-16-13(17)10-4-2-3-5-11(10)14(16)18/h2-7,13,17H,8H2,1H3. The van der Waals surface area contributed by atoms with Gasteiger partial charge in [0, 0.05) is 11.1 Å². The van der Waals surface area contributed by atoms with Crippen LogP contribution in [0.4, 0.5) is 0 Å². The Labute approximate surface area is 125 Å². The van der Waals surface area contributed by atoms with Crippen molar-refractivity contribution in [2.24, 2.45) is 0 Å². The number of thiophene rings is 1. The minimum Gasteiger partial charge on any atom is -0.465 e. The molecule has 21 heavy (non-hydrogen) atoms. The van der Waals surface area contributed by atoms with Gasteiger partial charge in [0.2, 0.25) is 0 Å². The number of aliphatic hydroxyl groups excluding tert-OH is 1. The normalized spacial score (nSPS) is 17.0. The fraction of sp³-hybridized carbons (Fsp3) is 0.200. The van der Waals surface area contributed by atoms with Crippen molar-refractivity contribution in [1.82, 2.24) is 4.90 Å². The van der Waals surface area contributed by atoms with Gasteiger partial charge in [-0.15, -0.1) is 11.3 Å². The Morgan fingerprint density at radius 1 is 1.38 bits per heavy atom. The molecule has 1 aromatic heterocycles. The van der Waals surface area contributed by atoms with E-state index in [0.717, 1.165) is 0 Å². The summed E-state index contributed by atoms with van der Waals surface area (Å²) >= 11 is 1.26. The second kappa shape index (κ2) is 5.31. The third-order valence-electron chi connectivity index (χ3n) is 3.48. The number of aliphatic hydroxyl groups is 1. The summed E-state index contributed by atoms with van der Waals surface area (Å²) in [5, 5.41) is 12.1. The maximum Gasteiger partial charge on any atom is 0.348 e. The lowest BCUT2D eigenvalue weighted by atomic mass is 10.1. The number of hydrogen-bond donors (Lipinski definition) is 1. The molecule has 0 saturated heterocycles. The Kier molecular flexibility index (Phi) is 3.48. The van der Waals surface area contributed by atoms with Gasteiger partial charge in [0.05, 0.1) is 13.7 Å². The Morgan fingerprint density at radius 3 is 2.86 bits per heavy atom. The molecule has 108 valence electrons. The van der Waals surface area contributed by atoms with Crippen LogP contribution in [-0.4, -0.2) is 29.0 Å². The summed E-state index contributed by atoms with van der Waals surface area (Å²) < 4.78 is 4.72. The highest BCUT2D eigenvalue weighted by Gasteiger charge is 2.35. The number of ether oxygens (including phenoxy) is 1. The van der Waals surface area contributed by atoms with Crippen molar-refractivity contribution in [3.63, 3.8) is 0 Å². The first-order chi connectivity index (χ1) is 10.1. The van der Waals surface area contributed by atoms with E-state index in [9.17, 15) is 14.7 Å². The second-order valence-corrected chi connectivity index (χ2v) is 5.58. The monoisotopic (exact) mass is 303 g/mol. The first-order valence-electron chi connectivity index (χ1n) is 6.36. The van der Waals surface area contributed by atoms with Crippen LogP contribution in [0.2, 0.25) is 0 Å². The summed E-state index contributed by atoms with van der Waals surface area (Å²) in [6.45, 7) is 0.169. The molecule has 1 aromatic carbocycles. The van der Waals surface area contributed by atoms with Crippen LogP contribution in [0, 0.1) is 0 Å². The van der Waals surface area contributed by atoms with Crippen molar-refractivity contribution in [3.05, 3.63) is 57.3 Å². The van der Waals surface area contributed by atoms with Gasteiger partial charge in [0.1, 0.15) is 4.88 Å². The number of carbonyl (C=O) groups is 2. The van der Waals surface area contributed by atoms with Gasteiger partial charge in [-0.2, -0.15) is 0 Å². The molecular formula is C15H13NO4S. The molecule has 0 spiro atoms. The van der Waals surface area contributed by atoms with Crippen molar-refractivity contribution in [3.8, 4) is 0 Å². The molecule has 1 amide bonds. The molecule has 0 bridgehead atoms. The van der Waals surface area contributed by atoms with Gasteiger partial charge in [-0.05, 0) is 23.1 Å². The lowest BCUT2D eigenvalue weighted by Gasteiger charge is -2.20. The lowest BCUT2D eigenvalue weighted by molar-refractivity contribution is 0.0134. The first kappa shape index (κ1) is 13.8. The summed E-state index contributed by atoms with van der Waals surface area (Å²) in [7, 11) is 1.32. The van der Waals surface area contributed by atoms with E-state index in [2.05, 4.69) is 0 Å². The van der Waals surface area contributed by atoms with Gasteiger partial charge in [-0.3, -0.25) is 4.79 Å². The molecule has 1 aliphatic heterocycles. The summed E-state index contributed by atoms with van der Waals surface area (Å²) in [6.07, 6.45) is -0.987. The van der Waals surface area contributed by atoms with E-state index >= 15 is 0 Å². The van der Waals surface area contributed by atoms with Gasteiger partial charge in [-0.1, -0.05) is 18.2 Å². The van der Waals surface area contributed by atoms with E-state index in [1.165, 1.54) is 23.3 Å². The quantitative estimate of drug-likeness (QED) is 0.883. The van der Waals surface area contributed by atoms with E-state index < -0.39 is 12.2 Å². The van der Waals surface area contributed by atoms with Crippen LogP contribution in [0.15, 0.2) is 35.7 Å². The number of fused-ring (bicyclic) bond motifs is 1. The molecule has 2 aromatic rings. The molecule has 0 fully saturated rings. The molecule has 2 heterocycles. The van der Waals surface area contributed by atoms with Gasteiger partial charge in [0.25, 0.3) is 5.91 Å². The van der Waals surface area contributed by atoms with Crippen molar-refractivity contribution in [1.29, 1.82) is 0 Å². The minimum absolute atomic E-state index is 0.169. The highest BCUT2D eigenvalue weighted by Crippen LogP contribution is 2.33. The molecule has 1 N–H and O–H groups in total. The zero-order valence-electron chi connectivity index (χ0n) is 11.3. The third kappa shape index (κ3) is 2.22. The number of rotatable bonds is 3. The molecule has 0 saturated carbocycles. The van der Waals surface area contributed by atoms with Crippen molar-refractivity contribution in [2.45, 2.75) is 12.8 Å². The number of esters is 1. The van der Waals surface area contributed by atoms with Crippen LogP contribution in [0.1, 0.15) is 37.4 Å². The van der Waals surface area contributed by atoms with E-state index in [4.69, 9.17) is 4.74 Å². The number of carbonyl (C=O) groups excluding carboxylic acids is 2. The predicted molar refractivity (Wildman–Crippen MR) is 76.9 cm³/mol. The molecular weight excluding hydrogens is 290 g/mol. The van der Waals surface area contributed by atoms with Crippen molar-refractivity contribution >= 4 is 23.2 Å². The number of benzene rings is 1. The zero-order valence-corrected chi connectivity index (χ0v) is 12.1. The fourth-order valence-corrected chi connectivity index (χ4v) is 3.26. The average molecular weight is 303 g/mol. The largest absolute Gasteiger partial charge is 0.465 e. The van der Waals surface area contributed by atoms with Gasteiger partial charge < -0.3 is 14.7 Å². The molecule has 6 heteroatoms. The summed E-state index contributed by atoms with van der Waals surface area (Å²) in [5.41, 5.74) is 1.77. The van der Waals surface area contributed by atoms with Crippen LogP contribution < -0.4 is 0 Å². The highest BCUT2D eigenvalue weighted by molar-refractivity contribution is 7.12. The number of methoxy groups -OCH3 is 1. The Morgan fingerprint density at radius 2 is 2.14 bits per heavy atom. The highest BCUT2D eigenvalue weighted by atomic mass is 32.1. The molecule has 1 atom stereocenters. The van der Waals surface area contributed by atoms with Gasteiger partial charge in [0.15, 0.2) is 6.23 Å². The molecule has 1 unspecified atom stereocenters. The Hall–Kier alpha value is -2.18. The Balaban J connectivity index is 1.89. The zero-order chi connectivity index (χ0) is 15.0. The molecule has 0 aliphatic carbocycles. The minimum atomic E-state index is -0.987. The van der Waals surface area contributed by atoms with Crippen molar-refractivity contribution in [2.75, 3.05) is 7.11 Å². The Bertz CT molecular complexity index is 709. The molecule has 0 radical (unpaired) electrons. The fourth-order valence-electron chi connectivity index (χ4n) is 2.42. The van der Waals surface area contributed by atoms with Crippen LogP contribution in [-0.2, 0) is 11.3 Å². The summed E-state index contributed by atoms with van der Waals surface area (Å²) in [5.74, 6) is -0.668. The van der Waals surface area contributed by atoms with Crippen LogP contribution >= 0.6 is 11.3 Å². The molecule has 5 nitrogen and oxygen atoms in total. The van der Waals surface area contributed by atoms with Crippen LogP contribution in [0.5, 0.6) is 0 Å². The van der Waals surface area contributed by atoms with Crippen molar-refractivity contribution < 1.29 is 19.4 Å². The predicted octanol–water partition coefficient (Wildman–Crippen LogP) is 2.18. The van der Waals surface area contributed by atoms with Crippen LogP contribution in [0.3, 0.4) is 0 Å². The maximum absolute atomic E-state index is 12.3. The average Bonchev–Trinajstić information content (AvgIpc) is 3.06. The smallest absolute Gasteiger partial charge is 0.348 e. The number of amides is 1. The first-order valence-corrected chi connectivity index (χ1v) is 7.24. The van der Waals surface area contributed by atoms with Crippen LogP contribution in [0.25, 0.3) is 0 Å². The molecule has 3 rings (SSSR count). The van der Waals surface area contributed by atoms with E-state index in [1.54, 1.807) is 35.7 Å². The number of hydrogen-bond acceptors (Lipinski definition) is 5. The van der Waals surface area contributed by atoms with E-state index in [-0.39, 0.29) is 12.5 Å². The topological polar surface area (TPSA) is 66.8 Å².